The van der Waals surface area contributed by atoms with Crippen molar-refractivity contribution in [2.75, 3.05) is 7.05 Å². The van der Waals surface area contributed by atoms with E-state index in [1.807, 2.05) is 33.2 Å². The van der Waals surface area contributed by atoms with Crippen molar-refractivity contribution in [2.24, 2.45) is 0 Å². The smallest absolute Gasteiger partial charge is 0.0373 e. The standard InChI is InChI=1S/C15H20N2/c1-11(14(4)16-5)6-7-12(2)15-9-8-13(3)17-10-15/h6-10,16H,4H2,1-3,5H3/b11-6-,12-7+. The van der Waals surface area contributed by atoms with E-state index in [-0.39, 0.29) is 0 Å². The van der Waals surface area contributed by atoms with Crippen molar-refractivity contribution < 1.29 is 0 Å². The summed E-state index contributed by atoms with van der Waals surface area (Å²) in [7, 11) is 1.88. The molecule has 0 aromatic carbocycles. The van der Waals surface area contributed by atoms with Gasteiger partial charge in [0.25, 0.3) is 0 Å². The minimum absolute atomic E-state index is 0.941. The number of hydrogen-bond acceptors (Lipinski definition) is 2. The molecule has 0 bridgehead atoms. The van der Waals surface area contributed by atoms with Gasteiger partial charge in [0.05, 0.1) is 0 Å². The summed E-state index contributed by atoms with van der Waals surface area (Å²) in [5.74, 6) is 0. The molecule has 1 N–H and O–H groups in total. The second-order valence-corrected chi connectivity index (χ2v) is 4.12. The molecular formula is C15H20N2. The van der Waals surface area contributed by atoms with E-state index < -0.39 is 0 Å². The molecule has 0 aliphatic heterocycles. The molecular weight excluding hydrogens is 208 g/mol. The van der Waals surface area contributed by atoms with Gasteiger partial charge in [0.2, 0.25) is 0 Å². The van der Waals surface area contributed by atoms with E-state index >= 15 is 0 Å². The molecule has 17 heavy (non-hydrogen) atoms. The first-order valence-corrected chi connectivity index (χ1v) is 5.70. The van der Waals surface area contributed by atoms with Crippen LogP contribution in [0.3, 0.4) is 0 Å². The Hall–Kier alpha value is -1.83. The van der Waals surface area contributed by atoms with Crippen molar-refractivity contribution in [3.63, 3.8) is 0 Å². The summed E-state index contributed by atoms with van der Waals surface area (Å²) in [6.45, 7) is 10.0. The molecule has 0 radical (unpaired) electrons. The summed E-state index contributed by atoms with van der Waals surface area (Å²) >= 11 is 0. The molecule has 1 rings (SSSR count). The minimum Gasteiger partial charge on any atom is -0.388 e. The van der Waals surface area contributed by atoms with Gasteiger partial charge in [-0.05, 0) is 43.5 Å². The lowest BCUT2D eigenvalue weighted by molar-refractivity contribution is 1.01. The van der Waals surface area contributed by atoms with Crippen LogP contribution in [0.15, 0.2) is 48.3 Å². The molecule has 0 amide bonds. The van der Waals surface area contributed by atoms with Gasteiger partial charge >= 0.3 is 0 Å². The molecule has 0 saturated carbocycles. The van der Waals surface area contributed by atoms with Crippen LogP contribution in [0.1, 0.15) is 25.1 Å². The monoisotopic (exact) mass is 228 g/mol. The molecule has 1 aromatic heterocycles. The van der Waals surface area contributed by atoms with E-state index in [2.05, 4.69) is 42.0 Å². The van der Waals surface area contributed by atoms with E-state index in [4.69, 9.17) is 0 Å². The fourth-order valence-corrected chi connectivity index (χ4v) is 1.35. The predicted molar refractivity (Wildman–Crippen MR) is 74.6 cm³/mol. The summed E-state index contributed by atoms with van der Waals surface area (Å²) < 4.78 is 0. The van der Waals surface area contributed by atoms with Crippen LogP contribution >= 0.6 is 0 Å². The Kier molecular flexibility index (Phi) is 4.70. The molecule has 1 aromatic rings. The number of hydrogen-bond donors (Lipinski definition) is 1. The fraction of sp³-hybridized carbons (Fsp3) is 0.267. The topological polar surface area (TPSA) is 24.9 Å². The molecule has 0 aliphatic rings. The normalized spacial score (nSPS) is 12.5. The Morgan fingerprint density at radius 2 is 2.00 bits per heavy atom. The highest BCUT2D eigenvalue weighted by Crippen LogP contribution is 2.14. The van der Waals surface area contributed by atoms with E-state index in [1.54, 1.807) is 0 Å². The summed E-state index contributed by atoms with van der Waals surface area (Å²) in [4.78, 5) is 4.29. The van der Waals surface area contributed by atoms with Crippen LogP contribution in [-0.4, -0.2) is 12.0 Å². The molecule has 0 atom stereocenters. The molecule has 0 spiro atoms. The van der Waals surface area contributed by atoms with Crippen molar-refractivity contribution in [3.8, 4) is 0 Å². The van der Waals surface area contributed by atoms with Crippen LogP contribution < -0.4 is 5.32 Å². The minimum atomic E-state index is 0.941. The number of rotatable bonds is 4. The van der Waals surface area contributed by atoms with Gasteiger partial charge in [-0.25, -0.2) is 0 Å². The maximum absolute atomic E-state index is 4.29. The van der Waals surface area contributed by atoms with Crippen LogP contribution in [0.4, 0.5) is 0 Å². The third-order valence-corrected chi connectivity index (χ3v) is 2.73. The first-order chi connectivity index (χ1) is 8.04. The Bertz CT molecular complexity index is 450. The highest BCUT2D eigenvalue weighted by molar-refractivity contribution is 5.64. The third kappa shape index (κ3) is 3.91. The van der Waals surface area contributed by atoms with Crippen molar-refractivity contribution in [3.05, 3.63) is 59.6 Å². The van der Waals surface area contributed by atoms with E-state index in [1.165, 1.54) is 5.57 Å². The zero-order valence-corrected chi connectivity index (χ0v) is 11.0. The second-order valence-electron chi connectivity index (χ2n) is 4.12. The summed E-state index contributed by atoms with van der Waals surface area (Å²) in [5.41, 5.74) is 5.45. The molecule has 0 unspecified atom stereocenters. The van der Waals surface area contributed by atoms with Crippen LogP contribution in [0.5, 0.6) is 0 Å². The maximum Gasteiger partial charge on any atom is 0.0373 e. The molecule has 2 nitrogen and oxygen atoms in total. The Morgan fingerprint density at radius 1 is 1.29 bits per heavy atom. The van der Waals surface area contributed by atoms with Crippen molar-refractivity contribution >= 4 is 5.57 Å². The molecule has 2 heteroatoms. The Morgan fingerprint density at radius 3 is 2.53 bits per heavy atom. The van der Waals surface area contributed by atoms with Gasteiger partial charge in [-0.2, -0.15) is 0 Å². The van der Waals surface area contributed by atoms with Gasteiger partial charge in [0.15, 0.2) is 0 Å². The van der Waals surface area contributed by atoms with Crippen molar-refractivity contribution in [2.45, 2.75) is 20.8 Å². The number of nitrogens with zero attached hydrogens (tertiary/aromatic N) is 1. The molecule has 1 heterocycles. The third-order valence-electron chi connectivity index (χ3n) is 2.73. The number of aryl methyl sites for hydroxylation is 1. The van der Waals surface area contributed by atoms with Crippen LogP contribution in [0.2, 0.25) is 0 Å². The number of aromatic nitrogens is 1. The molecule has 0 fully saturated rings. The van der Waals surface area contributed by atoms with Crippen LogP contribution in [0.25, 0.3) is 5.57 Å². The zero-order chi connectivity index (χ0) is 12.8. The highest BCUT2D eigenvalue weighted by Gasteiger charge is 1.95. The lowest BCUT2D eigenvalue weighted by Crippen LogP contribution is -2.04. The zero-order valence-electron chi connectivity index (χ0n) is 11.0. The molecule has 0 saturated heterocycles. The summed E-state index contributed by atoms with van der Waals surface area (Å²) in [6.07, 6.45) is 6.05. The maximum atomic E-state index is 4.29. The Balaban J connectivity index is 2.86. The number of pyridine rings is 1. The van der Waals surface area contributed by atoms with Gasteiger partial charge in [0, 0.05) is 24.6 Å². The van der Waals surface area contributed by atoms with E-state index in [9.17, 15) is 0 Å². The number of likely N-dealkylation sites (N-methyl/N-ethyl adjacent to an activating group) is 1. The average Bonchev–Trinajstić information content (AvgIpc) is 2.35. The lowest BCUT2D eigenvalue weighted by Gasteiger charge is -2.04. The summed E-state index contributed by atoms with van der Waals surface area (Å²) in [5, 5.41) is 3.03. The highest BCUT2D eigenvalue weighted by atomic mass is 14.8. The fourth-order valence-electron chi connectivity index (χ4n) is 1.35. The van der Waals surface area contributed by atoms with E-state index in [0.29, 0.717) is 0 Å². The first kappa shape index (κ1) is 13.2. The van der Waals surface area contributed by atoms with Gasteiger partial charge in [0.1, 0.15) is 0 Å². The van der Waals surface area contributed by atoms with Crippen LogP contribution in [0, 0.1) is 6.92 Å². The van der Waals surface area contributed by atoms with E-state index in [0.717, 1.165) is 22.5 Å². The SMILES string of the molecule is C=C(NC)/C(C)=C\C=C(/C)c1ccc(C)nc1. The average molecular weight is 228 g/mol. The van der Waals surface area contributed by atoms with Gasteiger partial charge in [-0.1, -0.05) is 24.8 Å². The van der Waals surface area contributed by atoms with Crippen LogP contribution in [-0.2, 0) is 0 Å². The quantitative estimate of drug-likeness (QED) is 0.798. The lowest BCUT2D eigenvalue weighted by atomic mass is 10.1. The summed E-state index contributed by atoms with van der Waals surface area (Å²) in [6, 6.07) is 4.11. The van der Waals surface area contributed by atoms with Gasteiger partial charge < -0.3 is 5.32 Å². The Labute approximate surface area is 104 Å². The van der Waals surface area contributed by atoms with Gasteiger partial charge in [-0.3, -0.25) is 4.98 Å². The van der Waals surface area contributed by atoms with Gasteiger partial charge in [-0.15, -0.1) is 0 Å². The largest absolute Gasteiger partial charge is 0.388 e. The first-order valence-electron chi connectivity index (χ1n) is 5.70. The number of nitrogens with one attached hydrogen (secondary N) is 1. The molecule has 90 valence electrons. The second kappa shape index (κ2) is 6.04. The van der Waals surface area contributed by atoms with Crippen molar-refractivity contribution in [1.82, 2.24) is 10.3 Å². The number of allylic oxidation sites excluding steroid dienone is 4. The molecule has 0 aliphatic carbocycles. The van der Waals surface area contributed by atoms with Crippen molar-refractivity contribution in [1.29, 1.82) is 0 Å². The predicted octanol–water partition coefficient (Wildman–Crippen LogP) is 3.47.